The smallest absolute Gasteiger partial charge is 0.248 e. The number of hydrogen-bond acceptors (Lipinski definition) is 2. The van der Waals surface area contributed by atoms with Crippen LogP contribution in [0.15, 0.2) is 53.0 Å². The summed E-state index contributed by atoms with van der Waals surface area (Å²) in [5.74, 6) is -0.396. The third-order valence-corrected chi connectivity index (χ3v) is 3.69. The van der Waals surface area contributed by atoms with Crippen LogP contribution in [0.25, 0.3) is 0 Å². The quantitative estimate of drug-likeness (QED) is 0.881. The van der Waals surface area contributed by atoms with E-state index in [1.807, 2.05) is 24.3 Å². The van der Waals surface area contributed by atoms with Gasteiger partial charge in [-0.05, 0) is 42.3 Å². The Morgan fingerprint density at radius 3 is 2.55 bits per heavy atom. The van der Waals surface area contributed by atoms with E-state index < -0.39 is 5.91 Å². The molecule has 0 saturated carbocycles. The molecule has 0 fully saturated rings. The molecule has 0 aliphatic carbocycles. The molecule has 0 aliphatic heterocycles. The first-order chi connectivity index (χ1) is 9.56. The fourth-order valence-corrected chi connectivity index (χ4v) is 2.37. The lowest BCUT2D eigenvalue weighted by atomic mass is 10.1. The van der Waals surface area contributed by atoms with Gasteiger partial charge in [-0.3, -0.25) is 4.79 Å². The normalized spacial score (nSPS) is 12.1. The highest BCUT2D eigenvalue weighted by Gasteiger charge is 2.05. The number of amides is 1. The van der Waals surface area contributed by atoms with Crippen LogP contribution in [0.5, 0.6) is 0 Å². The zero-order chi connectivity index (χ0) is 14.5. The lowest BCUT2D eigenvalue weighted by Crippen LogP contribution is -2.18. The summed E-state index contributed by atoms with van der Waals surface area (Å²) in [7, 11) is 0. The fraction of sp³-hybridized carbons (Fsp3) is 0.188. The Kier molecular flexibility index (Phi) is 4.93. The van der Waals surface area contributed by atoms with E-state index in [0.29, 0.717) is 5.56 Å². The molecule has 2 aromatic rings. The third-order valence-electron chi connectivity index (χ3n) is 3.20. The standard InChI is InChI=1S/C16H17BrN2O/c1-11(14-3-2-4-15(17)9-14)19-10-12-5-7-13(8-6-12)16(18)20/h2-9,11,19H,10H2,1H3,(H2,18,20)/t11-/m0/s1. The van der Waals surface area contributed by atoms with Crippen molar-refractivity contribution in [2.75, 3.05) is 0 Å². The zero-order valence-corrected chi connectivity index (χ0v) is 12.9. The number of nitrogens with one attached hydrogen (secondary N) is 1. The van der Waals surface area contributed by atoms with Gasteiger partial charge in [-0.1, -0.05) is 40.2 Å². The summed E-state index contributed by atoms with van der Waals surface area (Å²) in [5.41, 5.74) is 8.10. The van der Waals surface area contributed by atoms with Crippen molar-refractivity contribution in [3.05, 3.63) is 69.7 Å². The minimum absolute atomic E-state index is 0.253. The van der Waals surface area contributed by atoms with Gasteiger partial charge < -0.3 is 11.1 Å². The van der Waals surface area contributed by atoms with Gasteiger partial charge in [-0.25, -0.2) is 0 Å². The van der Waals surface area contributed by atoms with Gasteiger partial charge in [-0.2, -0.15) is 0 Å². The van der Waals surface area contributed by atoms with Crippen LogP contribution in [-0.4, -0.2) is 5.91 Å². The molecule has 0 bridgehead atoms. The lowest BCUT2D eigenvalue weighted by Gasteiger charge is -2.14. The predicted octanol–water partition coefficient (Wildman–Crippen LogP) is 3.40. The molecule has 3 N–H and O–H groups in total. The van der Waals surface area contributed by atoms with Crippen LogP contribution in [0.1, 0.15) is 34.5 Å². The molecular formula is C16H17BrN2O. The van der Waals surface area contributed by atoms with E-state index in [-0.39, 0.29) is 6.04 Å². The van der Waals surface area contributed by atoms with Gasteiger partial charge >= 0.3 is 0 Å². The van der Waals surface area contributed by atoms with Gasteiger partial charge in [0.05, 0.1) is 0 Å². The number of carbonyl (C=O) groups excluding carboxylic acids is 1. The van der Waals surface area contributed by atoms with E-state index >= 15 is 0 Å². The van der Waals surface area contributed by atoms with E-state index in [2.05, 4.69) is 40.3 Å². The maximum absolute atomic E-state index is 11.0. The molecule has 4 heteroatoms. The number of rotatable bonds is 5. The molecular weight excluding hydrogens is 316 g/mol. The Balaban J connectivity index is 1.96. The van der Waals surface area contributed by atoms with Crippen molar-refractivity contribution in [3.8, 4) is 0 Å². The Labute approximate surface area is 127 Å². The van der Waals surface area contributed by atoms with Gasteiger partial charge in [0.25, 0.3) is 0 Å². The summed E-state index contributed by atoms with van der Waals surface area (Å²) in [6.45, 7) is 2.87. The predicted molar refractivity (Wildman–Crippen MR) is 84.4 cm³/mol. The van der Waals surface area contributed by atoms with Crippen LogP contribution in [0.3, 0.4) is 0 Å². The highest BCUT2D eigenvalue weighted by Crippen LogP contribution is 2.18. The first kappa shape index (κ1) is 14.8. The monoisotopic (exact) mass is 332 g/mol. The highest BCUT2D eigenvalue weighted by atomic mass is 79.9. The molecule has 0 saturated heterocycles. The van der Waals surface area contributed by atoms with E-state index in [9.17, 15) is 4.79 Å². The van der Waals surface area contributed by atoms with Crippen LogP contribution >= 0.6 is 15.9 Å². The summed E-state index contributed by atoms with van der Waals surface area (Å²) in [6.07, 6.45) is 0. The number of benzene rings is 2. The molecule has 2 aromatic carbocycles. The second kappa shape index (κ2) is 6.68. The van der Waals surface area contributed by atoms with Crippen LogP contribution in [0, 0.1) is 0 Å². The van der Waals surface area contributed by atoms with Crippen molar-refractivity contribution in [2.24, 2.45) is 5.73 Å². The van der Waals surface area contributed by atoms with E-state index in [4.69, 9.17) is 5.73 Å². The van der Waals surface area contributed by atoms with Gasteiger partial charge in [-0.15, -0.1) is 0 Å². The molecule has 104 valence electrons. The Bertz CT molecular complexity index is 596. The average Bonchev–Trinajstić information content (AvgIpc) is 2.45. The van der Waals surface area contributed by atoms with Crippen molar-refractivity contribution in [1.29, 1.82) is 0 Å². The molecule has 0 unspecified atom stereocenters. The fourth-order valence-electron chi connectivity index (χ4n) is 1.95. The topological polar surface area (TPSA) is 55.1 Å². The second-order valence-electron chi connectivity index (χ2n) is 4.72. The van der Waals surface area contributed by atoms with E-state index in [0.717, 1.165) is 16.6 Å². The van der Waals surface area contributed by atoms with E-state index in [1.54, 1.807) is 12.1 Å². The summed E-state index contributed by atoms with van der Waals surface area (Å²) in [6, 6.07) is 15.8. The average molecular weight is 333 g/mol. The maximum Gasteiger partial charge on any atom is 0.248 e. The number of halogens is 1. The number of primary amides is 1. The minimum Gasteiger partial charge on any atom is -0.366 e. The van der Waals surface area contributed by atoms with Crippen LogP contribution in [0.2, 0.25) is 0 Å². The van der Waals surface area contributed by atoms with Crippen LogP contribution < -0.4 is 11.1 Å². The number of hydrogen-bond donors (Lipinski definition) is 2. The first-order valence-electron chi connectivity index (χ1n) is 6.44. The zero-order valence-electron chi connectivity index (χ0n) is 11.3. The highest BCUT2D eigenvalue weighted by molar-refractivity contribution is 9.10. The molecule has 3 nitrogen and oxygen atoms in total. The molecule has 1 atom stereocenters. The van der Waals surface area contributed by atoms with Gasteiger partial charge in [0, 0.05) is 22.6 Å². The number of carbonyl (C=O) groups is 1. The summed E-state index contributed by atoms with van der Waals surface area (Å²) < 4.78 is 1.08. The maximum atomic E-state index is 11.0. The van der Waals surface area contributed by atoms with Crippen molar-refractivity contribution in [2.45, 2.75) is 19.5 Å². The molecule has 0 radical (unpaired) electrons. The molecule has 2 rings (SSSR count). The summed E-state index contributed by atoms with van der Waals surface area (Å²) in [4.78, 5) is 11.0. The van der Waals surface area contributed by atoms with Crippen molar-refractivity contribution in [3.63, 3.8) is 0 Å². The second-order valence-corrected chi connectivity index (χ2v) is 5.63. The van der Waals surface area contributed by atoms with Gasteiger partial charge in [0.15, 0.2) is 0 Å². The molecule has 0 aliphatic rings. The SMILES string of the molecule is C[C@H](NCc1ccc(C(N)=O)cc1)c1cccc(Br)c1. The number of nitrogens with two attached hydrogens (primary N) is 1. The molecule has 0 heterocycles. The molecule has 20 heavy (non-hydrogen) atoms. The van der Waals surface area contributed by atoms with Crippen molar-refractivity contribution < 1.29 is 4.79 Å². The third kappa shape index (κ3) is 3.92. The van der Waals surface area contributed by atoms with Crippen molar-refractivity contribution >= 4 is 21.8 Å². The Morgan fingerprint density at radius 1 is 1.25 bits per heavy atom. The van der Waals surface area contributed by atoms with Gasteiger partial charge in [0.2, 0.25) is 5.91 Å². The summed E-state index contributed by atoms with van der Waals surface area (Å²) in [5, 5.41) is 3.45. The molecule has 0 spiro atoms. The Hall–Kier alpha value is -1.65. The van der Waals surface area contributed by atoms with Crippen LogP contribution in [-0.2, 0) is 6.54 Å². The lowest BCUT2D eigenvalue weighted by molar-refractivity contribution is 0.100. The van der Waals surface area contributed by atoms with Crippen molar-refractivity contribution in [1.82, 2.24) is 5.32 Å². The van der Waals surface area contributed by atoms with Crippen LogP contribution in [0.4, 0.5) is 0 Å². The molecule has 1 amide bonds. The van der Waals surface area contributed by atoms with E-state index in [1.165, 1.54) is 5.56 Å². The summed E-state index contributed by atoms with van der Waals surface area (Å²) >= 11 is 3.48. The largest absolute Gasteiger partial charge is 0.366 e. The first-order valence-corrected chi connectivity index (χ1v) is 7.23. The minimum atomic E-state index is -0.396. The molecule has 0 aromatic heterocycles. The van der Waals surface area contributed by atoms with Gasteiger partial charge in [0.1, 0.15) is 0 Å². The Morgan fingerprint density at radius 2 is 1.95 bits per heavy atom.